The Labute approximate surface area is 164 Å². The molecule has 1 heterocycles. The van der Waals surface area contributed by atoms with Crippen LogP contribution in [0.25, 0.3) is 5.69 Å². The van der Waals surface area contributed by atoms with Gasteiger partial charge in [-0.05, 0) is 31.5 Å². The molecule has 0 radical (unpaired) electrons. The Bertz CT molecular complexity index is 1070. The maximum atomic E-state index is 11.6. The summed E-state index contributed by atoms with van der Waals surface area (Å²) < 4.78 is 1.54. The average Bonchev–Trinajstić information content (AvgIpc) is 3.18. The van der Waals surface area contributed by atoms with Crippen LogP contribution in [0.15, 0.2) is 42.6 Å². The molecule has 3 rings (SSSR count). The highest BCUT2D eigenvalue weighted by Crippen LogP contribution is 2.40. The van der Waals surface area contributed by atoms with Crippen molar-refractivity contribution >= 4 is 17.1 Å². The van der Waals surface area contributed by atoms with E-state index in [-0.39, 0.29) is 16.8 Å². The minimum Gasteiger partial charge on any atom is -0.392 e. The summed E-state index contributed by atoms with van der Waals surface area (Å²) in [5, 5.41) is 43.5. The van der Waals surface area contributed by atoms with E-state index in [0.29, 0.717) is 5.69 Å². The Hall–Kier alpha value is -3.86. The van der Waals surface area contributed by atoms with Crippen LogP contribution in [-0.4, -0.2) is 29.9 Å². The summed E-state index contributed by atoms with van der Waals surface area (Å²) in [6.07, 6.45) is 1.64. The molecular formula is C18H18N6O5. The van der Waals surface area contributed by atoms with E-state index in [0.717, 1.165) is 11.8 Å². The lowest BCUT2D eigenvalue weighted by Crippen LogP contribution is -2.12. The molecule has 0 aliphatic rings. The van der Waals surface area contributed by atoms with Crippen LogP contribution in [0.3, 0.4) is 0 Å². The number of aromatic nitrogens is 3. The summed E-state index contributed by atoms with van der Waals surface area (Å²) in [4.78, 5) is 21.7. The molecule has 1 aromatic heterocycles. The van der Waals surface area contributed by atoms with E-state index in [9.17, 15) is 25.3 Å². The first kappa shape index (κ1) is 19.9. The summed E-state index contributed by atoms with van der Waals surface area (Å²) in [6, 6.07) is 9.75. The van der Waals surface area contributed by atoms with Crippen LogP contribution in [0.4, 0.5) is 17.1 Å². The molecule has 2 N–H and O–H groups in total. The Morgan fingerprint density at radius 2 is 1.90 bits per heavy atom. The van der Waals surface area contributed by atoms with E-state index in [2.05, 4.69) is 15.6 Å². The third kappa shape index (κ3) is 3.89. The van der Waals surface area contributed by atoms with Crippen LogP contribution >= 0.6 is 0 Å². The Kier molecular flexibility index (Phi) is 5.50. The van der Waals surface area contributed by atoms with Crippen LogP contribution < -0.4 is 5.32 Å². The van der Waals surface area contributed by atoms with E-state index in [4.69, 9.17) is 0 Å². The molecule has 0 spiro atoms. The predicted octanol–water partition coefficient (Wildman–Crippen LogP) is 3.06. The SMILES string of the molecule is Cc1c(CO)cc([N+](=O)[O-])c(NC(C)c2cn(-c3ccccc3)nn2)c1[N+](=O)[O-]. The number of aliphatic hydroxyl groups is 1. The standard InChI is InChI=1S/C18H18N6O5/c1-11-13(10-25)8-16(23(26)27)17(18(11)24(28)29)19-12(2)15-9-22(21-20-15)14-6-4-3-5-7-14/h3-9,12,19,25H,10H2,1-2H3. The molecule has 0 saturated carbocycles. The molecule has 0 bridgehead atoms. The van der Waals surface area contributed by atoms with E-state index in [1.165, 1.54) is 11.6 Å². The molecule has 0 saturated heterocycles. The highest BCUT2D eigenvalue weighted by atomic mass is 16.6. The number of rotatable bonds is 7. The molecule has 3 aromatic rings. The molecule has 11 nitrogen and oxygen atoms in total. The Morgan fingerprint density at radius 1 is 1.21 bits per heavy atom. The minimum atomic E-state index is -0.721. The normalized spacial score (nSPS) is 11.8. The van der Waals surface area contributed by atoms with E-state index >= 15 is 0 Å². The largest absolute Gasteiger partial charge is 0.392 e. The summed E-state index contributed by atoms with van der Waals surface area (Å²) in [6.45, 7) is 2.56. The third-order valence-corrected chi connectivity index (χ3v) is 4.53. The van der Waals surface area contributed by atoms with Gasteiger partial charge in [-0.1, -0.05) is 23.4 Å². The lowest BCUT2D eigenvalue weighted by molar-refractivity contribution is -0.392. The molecule has 2 aromatic carbocycles. The van der Waals surface area contributed by atoms with E-state index in [1.807, 2.05) is 30.3 Å². The smallest absolute Gasteiger partial charge is 0.302 e. The van der Waals surface area contributed by atoms with Gasteiger partial charge in [-0.2, -0.15) is 0 Å². The highest BCUT2D eigenvalue weighted by molar-refractivity contribution is 5.78. The van der Waals surface area contributed by atoms with Gasteiger partial charge < -0.3 is 10.4 Å². The first-order valence-corrected chi connectivity index (χ1v) is 8.63. The average molecular weight is 398 g/mol. The second-order valence-electron chi connectivity index (χ2n) is 6.37. The molecule has 0 fully saturated rings. The number of benzene rings is 2. The van der Waals surface area contributed by atoms with Gasteiger partial charge in [-0.3, -0.25) is 20.2 Å². The number of hydrogen-bond donors (Lipinski definition) is 2. The third-order valence-electron chi connectivity index (χ3n) is 4.53. The first-order chi connectivity index (χ1) is 13.8. The van der Waals surface area contributed by atoms with Gasteiger partial charge in [0, 0.05) is 11.6 Å². The quantitative estimate of drug-likeness (QED) is 0.455. The lowest BCUT2D eigenvalue weighted by Gasteiger charge is -2.15. The topological polar surface area (TPSA) is 149 Å². The molecule has 29 heavy (non-hydrogen) atoms. The van der Waals surface area contributed by atoms with Crippen LogP contribution in [0, 0.1) is 27.2 Å². The van der Waals surface area contributed by atoms with Crippen molar-refractivity contribution in [2.24, 2.45) is 0 Å². The van der Waals surface area contributed by atoms with Gasteiger partial charge in [0.15, 0.2) is 5.69 Å². The fourth-order valence-corrected chi connectivity index (χ4v) is 2.96. The fraction of sp³-hybridized carbons (Fsp3) is 0.222. The maximum Gasteiger partial charge on any atom is 0.302 e. The van der Waals surface area contributed by atoms with Gasteiger partial charge in [0.2, 0.25) is 0 Å². The molecule has 11 heteroatoms. The summed E-state index contributed by atoms with van der Waals surface area (Å²) >= 11 is 0. The molecule has 150 valence electrons. The van der Waals surface area contributed by atoms with Crippen LogP contribution in [0.2, 0.25) is 0 Å². The summed E-state index contributed by atoms with van der Waals surface area (Å²) in [7, 11) is 0. The number of anilines is 1. The van der Waals surface area contributed by atoms with Crippen molar-refractivity contribution in [2.45, 2.75) is 26.5 Å². The highest BCUT2D eigenvalue weighted by Gasteiger charge is 2.31. The fourth-order valence-electron chi connectivity index (χ4n) is 2.96. The second kappa shape index (κ2) is 8.02. The zero-order chi connectivity index (χ0) is 21.1. The van der Waals surface area contributed by atoms with Gasteiger partial charge >= 0.3 is 5.69 Å². The van der Waals surface area contributed by atoms with Crippen molar-refractivity contribution in [3.63, 3.8) is 0 Å². The molecule has 0 aliphatic carbocycles. The second-order valence-corrected chi connectivity index (χ2v) is 6.37. The molecule has 0 aliphatic heterocycles. The zero-order valence-electron chi connectivity index (χ0n) is 15.6. The van der Waals surface area contributed by atoms with Crippen LogP contribution in [-0.2, 0) is 6.61 Å². The number of hydrogen-bond acceptors (Lipinski definition) is 8. The number of para-hydroxylation sites is 1. The van der Waals surface area contributed by atoms with Gasteiger partial charge in [0.1, 0.15) is 5.69 Å². The van der Waals surface area contributed by atoms with Crippen molar-refractivity contribution in [1.82, 2.24) is 15.0 Å². The minimum absolute atomic E-state index is 0.122. The van der Waals surface area contributed by atoms with Crippen molar-refractivity contribution < 1.29 is 15.0 Å². The Balaban J connectivity index is 2.01. The Morgan fingerprint density at radius 3 is 2.48 bits per heavy atom. The predicted molar refractivity (Wildman–Crippen MR) is 104 cm³/mol. The van der Waals surface area contributed by atoms with Crippen molar-refractivity contribution in [2.75, 3.05) is 5.32 Å². The van der Waals surface area contributed by atoms with Crippen molar-refractivity contribution in [3.05, 3.63) is 79.6 Å². The summed E-state index contributed by atoms with van der Waals surface area (Å²) in [5.74, 6) is 0. The van der Waals surface area contributed by atoms with Crippen LogP contribution in [0.5, 0.6) is 0 Å². The first-order valence-electron chi connectivity index (χ1n) is 8.63. The van der Waals surface area contributed by atoms with Gasteiger partial charge in [-0.15, -0.1) is 5.10 Å². The molecule has 0 amide bonds. The molecular weight excluding hydrogens is 380 g/mol. The van der Waals surface area contributed by atoms with Crippen molar-refractivity contribution in [3.8, 4) is 5.69 Å². The van der Waals surface area contributed by atoms with Crippen LogP contribution in [0.1, 0.15) is 29.8 Å². The number of nitro groups is 2. The number of nitrogens with one attached hydrogen (secondary N) is 1. The number of nitrogens with zero attached hydrogens (tertiary/aromatic N) is 5. The molecule has 1 atom stereocenters. The van der Waals surface area contributed by atoms with Crippen molar-refractivity contribution in [1.29, 1.82) is 0 Å². The monoisotopic (exact) mass is 398 g/mol. The van der Waals surface area contributed by atoms with Gasteiger partial charge in [-0.25, -0.2) is 4.68 Å². The number of nitro benzene ring substituents is 2. The number of aliphatic hydroxyl groups excluding tert-OH is 1. The molecule has 1 unspecified atom stereocenters. The summed E-state index contributed by atoms with van der Waals surface area (Å²) in [5.41, 5.74) is 0.318. The van der Waals surface area contributed by atoms with Gasteiger partial charge in [0.05, 0.1) is 34.4 Å². The zero-order valence-corrected chi connectivity index (χ0v) is 15.6. The van der Waals surface area contributed by atoms with E-state index in [1.54, 1.807) is 13.1 Å². The van der Waals surface area contributed by atoms with Gasteiger partial charge in [0.25, 0.3) is 5.69 Å². The maximum absolute atomic E-state index is 11.6. The lowest BCUT2D eigenvalue weighted by atomic mass is 10.0. The van der Waals surface area contributed by atoms with E-state index < -0.39 is 33.9 Å².